The molecule has 2 N–H and O–H groups in total. The van der Waals surface area contributed by atoms with Gasteiger partial charge in [0.15, 0.2) is 5.78 Å². The van der Waals surface area contributed by atoms with Gasteiger partial charge in [0.1, 0.15) is 18.2 Å². The molecule has 3 aromatic carbocycles. The third kappa shape index (κ3) is 5.77. The number of nitro groups is 1. The molecule has 1 heterocycles. The van der Waals surface area contributed by atoms with Crippen LogP contribution in [0.2, 0.25) is 5.02 Å². The highest BCUT2D eigenvalue weighted by atomic mass is 79.9. The van der Waals surface area contributed by atoms with Crippen LogP contribution in [0.15, 0.2) is 81.7 Å². The first kappa shape index (κ1) is 30.3. The van der Waals surface area contributed by atoms with Gasteiger partial charge < -0.3 is 10.5 Å². The number of benzene rings is 3. The van der Waals surface area contributed by atoms with Crippen LogP contribution in [0.3, 0.4) is 0 Å². The largest absolute Gasteiger partial charge is 0.489 e. The Balaban J connectivity index is 1.67. The van der Waals surface area contributed by atoms with Crippen LogP contribution in [0.4, 0.5) is 11.4 Å². The highest BCUT2D eigenvalue weighted by Gasteiger charge is 2.45. The van der Waals surface area contributed by atoms with Crippen molar-refractivity contribution in [2.45, 2.75) is 53.1 Å². The number of nitro benzene ring substituents is 1. The van der Waals surface area contributed by atoms with Crippen molar-refractivity contribution in [1.82, 2.24) is 0 Å². The van der Waals surface area contributed by atoms with Gasteiger partial charge in [-0.3, -0.25) is 19.8 Å². The maximum atomic E-state index is 14.0. The molecule has 0 spiro atoms. The molecule has 5 rings (SSSR count). The number of hydrogen-bond donors (Lipinski definition) is 1. The summed E-state index contributed by atoms with van der Waals surface area (Å²) < 4.78 is 7.03. The third-order valence-corrected chi connectivity index (χ3v) is 8.84. The molecular formula is C33H30BrClN4O4. The Hall–Kier alpha value is -4.13. The number of halogens is 2. The number of non-ortho nitro benzene ring substituents is 1. The predicted molar refractivity (Wildman–Crippen MR) is 170 cm³/mol. The number of carbonyl (C=O) groups is 1. The molecule has 10 heteroatoms. The van der Waals surface area contributed by atoms with E-state index in [1.807, 2.05) is 64.1 Å². The maximum Gasteiger partial charge on any atom is 0.271 e. The third-order valence-electron chi connectivity index (χ3n) is 8.01. The van der Waals surface area contributed by atoms with Gasteiger partial charge in [0.2, 0.25) is 0 Å². The van der Waals surface area contributed by atoms with Crippen LogP contribution in [0.1, 0.15) is 54.9 Å². The summed E-state index contributed by atoms with van der Waals surface area (Å²) in [5.41, 5.74) is 11.6. The summed E-state index contributed by atoms with van der Waals surface area (Å²) in [5, 5.41) is 22.0. The number of nitriles is 1. The Bertz CT molecular complexity index is 1770. The van der Waals surface area contributed by atoms with Crippen molar-refractivity contribution in [3.63, 3.8) is 0 Å². The fourth-order valence-corrected chi connectivity index (χ4v) is 6.48. The zero-order chi connectivity index (χ0) is 31.2. The van der Waals surface area contributed by atoms with E-state index >= 15 is 0 Å². The number of nitrogens with two attached hydrogens (primary N) is 1. The smallest absolute Gasteiger partial charge is 0.271 e. The molecule has 3 aromatic rings. The molecule has 1 unspecified atom stereocenters. The van der Waals surface area contributed by atoms with Crippen LogP contribution < -0.4 is 15.4 Å². The zero-order valence-corrected chi connectivity index (χ0v) is 26.5. The van der Waals surface area contributed by atoms with E-state index in [4.69, 9.17) is 22.1 Å². The predicted octanol–water partition coefficient (Wildman–Crippen LogP) is 8.15. The number of nitrogens with zero attached hydrogens (tertiary/aromatic N) is 3. The fourth-order valence-electron chi connectivity index (χ4n) is 5.96. The molecule has 8 nitrogen and oxygen atoms in total. The van der Waals surface area contributed by atoms with Crippen LogP contribution >= 0.6 is 27.5 Å². The minimum Gasteiger partial charge on any atom is -0.489 e. The van der Waals surface area contributed by atoms with Crippen LogP contribution in [0.25, 0.3) is 0 Å². The van der Waals surface area contributed by atoms with E-state index in [-0.39, 0.29) is 33.3 Å². The van der Waals surface area contributed by atoms with E-state index in [1.165, 1.54) is 18.2 Å². The lowest BCUT2D eigenvalue weighted by atomic mass is 9.68. The van der Waals surface area contributed by atoms with Crippen LogP contribution in [0, 0.1) is 40.7 Å². The SMILES string of the molecule is Cc1cc(C)c(C2C(C#N)=C(N)N(c3ccc([N+](=O)[O-])cc3Cl)C3=C2C(=O)CC(C)(C)C3)cc1COc1ccc(Br)cc1. The number of aryl methyl sites for hydroxylation is 2. The molecule has 0 saturated carbocycles. The van der Waals surface area contributed by atoms with E-state index in [0.29, 0.717) is 36.4 Å². The molecule has 220 valence electrons. The number of ketones is 1. The van der Waals surface area contributed by atoms with Crippen LogP contribution in [0.5, 0.6) is 5.75 Å². The second kappa shape index (κ2) is 11.5. The van der Waals surface area contributed by atoms with Gasteiger partial charge in [-0.2, -0.15) is 5.26 Å². The lowest BCUT2D eigenvalue weighted by Gasteiger charge is -2.44. The summed E-state index contributed by atoms with van der Waals surface area (Å²) >= 11 is 10.0. The van der Waals surface area contributed by atoms with Gasteiger partial charge in [0.05, 0.1) is 33.2 Å². The molecule has 0 saturated heterocycles. The Morgan fingerprint density at radius 1 is 1.14 bits per heavy atom. The first-order valence-electron chi connectivity index (χ1n) is 13.7. The first-order valence-corrected chi connectivity index (χ1v) is 14.9. The average molecular weight is 662 g/mol. The molecular weight excluding hydrogens is 632 g/mol. The molecule has 1 aliphatic carbocycles. The normalized spacial score (nSPS) is 17.9. The minimum absolute atomic E-state index is 0.0767. The molecule has 1 atom stereocenters. The van der Waals surface area contributed by atoms with Crippen LogP contribution in [-0.4, -0.2) is 10.7 Å². The monoisotopic (exact) mass is 660 g/mol. The molecule has 0 bridgehead atoms. The molecule has 0 radical (unpaired) electrons. The number of rotatable bonds is 6. The number of allylic oxidation sites excluding steroid dienone is 3. The molecule has 43 heavy (non-hydrogen) atoms. The number of Topliss-reactive ketones (excluding diaryl/α,β-unsaturated/α-hetero) is 1. The summed E-state index contributed by atoms with van der Waals surface area (Å²) in [6, 6.07) is 18.0. The maximum absolute atomic E-state index is 14.0. The number of hydrogen-bond acceptors (Lipinski definition) is 7. The molecule has 0 aromatic heterocycles. The van der Waals surface area contributed by atoms with Gasteiger partial charge in [0.25, 0.3) is 5.69 Å². The molecule has 2 aliphatic rings. The summed E-state index contributed by atoms with van der Waals surface area (Å²) in [4.78, 5) is 26.5. The molecule has 0 amide bonds. The Labute approximate surface area is 263 Å². The van der Waals surface area contributed by atoms with Crippen molar-refractivity contribution in [2.75, 3.05) is 4.90 Å². The standard InChI is InChI=1S/C33H30BrClN4O4/c1-18-11-19(2)24(12-20(18)17-43-23-8-5-21(34)6-9-23)30-25(16-36)32(37)38(27-10-7-22(39(41)42)13-26(27)35)28-14-33(3,4)15-29(40)31(28)30/h5-13,30H,14-15,17,37H2,1-4H3. The van der Waals surface area contributed by atoms with Crippen molar-refractivity contribution in [3.8, 4) is 11.8 Å². The summed E-state index contributed by atoms with van der Waals surface area (Å²) in [6.45, 7) is 8.28. The van der Waals surface area contributed by atoms with E-state index < -0.39 is 10.8 Å². The van der Waals surface area contributed by atoms with Gasteiger partial charge >= 0.3 is 0 Å². The average Bonchev–Trinajstić information content (AvgIpc) is 2.93. The van der Waals surface area contributed by atoms with Crippen molar-refractivity contribution in [1.29, 1.82) is 5.26 Å². The first-order chi connectivity index (χ1) is 20.3. The lowest BCUT2D eigenvalue weighted by molar-refractivity contribution is -0.384. The Morgan fingerprint density at radius 2 is 1.84 bits per heavy atom. The van der Waals surface area contributed by atoms with E-state index in [2.05, 4.69) is 22.0 Å². The summed E-state index contributed by atoms with van der Waals surface area (Å²) in [6.07, 6.45) is 0.787. The zero-order valence-electron chi connectivity index (χ0n) is 24.2. The molecule has 0 fully saturated rings. The topological polar surface area (TPSA) is 122 Å². The lowest BCUT2D eigenvalue weighted by Crippen LogP contribution is -2.42. The van der Waals surface area contributed by atoms with Crippen LogP contribution in [-0.2, 0) is 11.4 Å². The quantitative estimate of drug-likeness (QED) is 0.209. The highest BCUT2D eigenvalue weighted by Crippen LogP contribution is 2.52. The van der Waals surface area contributed by atoms with E-state index in [1.54, 1.807) is 4.90 Å². The van der Waals surface area contributed by atoms with Crippen molar-refractivity contribution < 1.29 is 14.5 Å². The summed E-state index contributed by atoms with van der Waals surface area (Å²) in [5.74, 6) is 0.0885. The van der Waals surface area contributed by atoms with E-state index in [0.717, 1.165) is 32.5 Å². The van der Waals surface area contributed by atoms with Gasteiger partial charge in [0, 0.05) is 34.3 Å². The van der Waals surface area contributed by atoms with Gasteiger partial charge in [-0.25, -0.2) is 0 Å². The number of anilines is 1. The van der Waals surface area contributed by atoms with Gasteiger partial charge in [-0.1, -0.05) is 53.5 Å². The van der Waals surface area contributed by atoms with E-state index in [9.17, 15) is 20.2 Å². The van der Waals surface area contributed by atoms with Crippen molar-refractivity contribution in [2.24, 2.45) is 11.1 Å². The van der Waals surface area contributed by atoms with Crippen molar-refractivity contribution in [3.05, 3.63) is 119 Å². The number of carbonyl (C=O) groups excluding carboxylic acids is 1. The Morgan fingerprint density at radius 3 is 2.47 bits per heavy atom. The Kier molecular flexibility index (Phi) is 8.12. The second-order valence-corrected chi connectivity index (χ2v) is 13.1. The minimum atomic E-state index is -0.691. The fraction of sp³-hybridized carbons (Fsp3) is 0.273. The summed E-state index contributed by atoms with van der Waals surface area (Å²) in [7, 11) is 0. The molecule has 1 aliphatic heterocycles. The second-order valence-electron chi connectivity index (χ2n) is 11.8. The number of ether oxygens (including phenoxy) is 1. The van der Waals surface area contributed by atoms with Crippen molar-refractivity contribution >= 4 is 44.7 Å². The van der Waals surface area contributed by atoms with Gasteiger partial charge in [-0.15, -0.1) is 0 Å². The highest BCUT2D eigenvalue weighted by molar-refractivity contribution is 9.10. The van der Waals surface area contributed by atoms with Gasteiger partial charge in [-0.05, 0) is 78.3 Å².